The van der Waals surface area contributed by atoms with Crippen LogP contribution in [0.15, 0.2) is 59.0 Å². The van der Waals surface area contributed by atoms with Gasteiger partial charge in [0.1, 0.15) is 11.3 Å². The molecule has 2 aromatic carbocycles. The first kappa shape index (κ1) is 18.4. The number of hydrogen-bond donors (Lipinski definition) is 3. The van der Waals surface area contributed by atoms with Gasteiger partial charge in [-0.05, 0) is 19.1 Å². The Morgan fingerprint density at radius 2 is 1.81 bits per heavy atom. The maximum atomic E-state index is 11.6. The molecule has 0 saturated carbocycles. The molecule has 0 aliphatic rings. The Hall–Kier alpha value is -3.41. The number of fused-ring (bicyclic) bond motifs is 1. The van der Waals surface area contributed by atoms with Crippen molar-refractivity contribution in [1.29, 1.82) is 0 Å². The zero-order valence-corrected chi connectivity index (χ0v) is 14.8. The quantitative estimate of drug-likeness (QED) is 0.616. The van der Waals surface area contributed by atoms with Gasteiger partial charge in [-0.2, -0.15) is 0 Å². The molecule has 1 heterocycles. The molecular formula is C21H20NO5+. The van der Waals surface area contributed by atoms with Crippen molar-refractivity contribution in [3.8, 4) is 11.3 Å². The Balaban J connectivity index is 2.20. The van der Waals surface area contributed by atoms with Crippen molar-refractivity contribution in [3.05, 3.63) is 65.5 Å². The smallest absolute Gasteiger partial charge is 0.372 e. The molecular weight excluding hydrogens is 346 g/mol. The minimum atomic E-state index is -1.10. The maximum Gasteiger partial charge on any atom is 0.372 e. The number of aryl methyl sites for hydroxylation is 1. The molecule has 0 aliphatic heterocycles. The Bertz CT molecular complexity index is 1050. The minimum Gasteiger partial charge on any atom is -0.481 e. The van der Waals surface area contributed by atoms with Crippen LogP contribution in [-0.2, 0) is 9.59 Å². The second-order valence-electron chi connectivity index (χ2n) is 6.36. The van der Waals surface area contributed by atoms with Crippen molar-refractivity contribution in [2.24, 2.45) is 0 Å². The zero-order chi connectivity index (χ0) is 19.4. The SMILES string of the molecule is Cc1ccc2oc(-c3ccccc3)cc(=[NH+]C(CCC(=O)O)C(=O)O)c2c1. The summed E-state index contributed by atoms with van der Waals surface area (Å²) in [6, 6.07) is 15.9. The van der Waals surface area contributed by atoms with Crippen molar-refractivity contribution >= 4 is 22.9 Å². The van der Waals surface area contributed by atoms with Gasteiger partial charge in [0.25, 0.3) is 0 Å². The second-order valence-corrected chi connectivity index (χ2v) is 6.36. The van der Waals surface area contributed by atoms with Gasteiger partial charge in [-0.3, -0.25) is 4.79 Å². The van der Waals surface area contributed by atoms with Crippen LogP contribution in [0.1, 0.15) is 18.4 Å². The number of hydrogen-bond acceptors (Lipinski definition) is 3. The second kappa shape index (κ2) is 7.86. The highest BCUT2D eigenvalue weighted by Crippen LogP contribution is 2.22. The van der Waals surface area contributed by atoms with Crippen molar-refractivity contribution in [1.82, 2.24) is 0 Å². The van der Waals surface area contributed by atoms with Crippen LogP contribution >= 0.6 is 0 Å². The highest BCUT2D eigenvalue weighted by Gasteiger charge is 2.23. The average Bonchev–Trinajstić information content (AvgIpc) is 2.65. The van der Waals surface area contributed by atoms with Crippen molar-refractivity contribution in [2.45, 2.75) is 25.8 Å². The van der Waals surface area contributed by atoms with Crippen molar-refractivity contribution in [3.63, 3.8) is 0 Å². The van der Waals surface area contributed by atoms with Crippen molar-refractivity contribution in [2.75, 3.05) is 0 Å². The fourth-order valence-electron chi connectivity index (χ4n) is 2.88. The zero-order valence-electron chi connectivity index (χ0n) is 14.8. The number of benzene rings is 2. The van der Waals surface area contributed by atoms with E-state index in [4.69, 9.17) is 9.52 Å². The highest BCUT2D eigenvalue weighted by atomic mass is 16.4. The van der Waals surface area contributed by atoms with Gasteiger partial charge in [-0.15, -0.1) is 0 Å². The lowest BCUT2D eigenvalue weighted by Gasteiger charge is -2.05. The molecule has 3 rings (SSSR count). The Labute approximate surface area is 155 Å². The van der Waals surface area contributed by atoms with Gasteiger partial charge in [0, 0.05) is 12.0 Å². The molecule has 138 valence electrons. The molecule has 27 heavy (non-hydrogen) atoms. The third kappa shape index (κ3) is 4.41. The third-order valence-corrected chi connectivity index (χ3v) is 4.25. The number of carboxylic acids is 2. The van der Waals surface area contributed by atoms with Gasteiger partial charge in [0.15, 0.2) is 0 Å². The van der Waals surface area contributed by atoms with E-state index in [2.05, 4.69) is 4.99 Å². The van der Waals surface area contributed by atoms with E-state index >= 15 is 0 Å². The topological polar surface area (TPSA) is 102 Å². The van der Waals surface area contributed by atoms with Gasteiger partial charge in [-0.1, -0.05) is 42.0 Å². The number of carbonyl (C=O) groups is 2. The maximum absolute atomic E-state index is 11.6. The molecule has 0 aliphatic carbocycles. The number of aliphatic carboxylic acids is 2. The van der Waals surface area contributed by atoms with Crippen LogP contribution < -0.4 is 10.3 Å². The highest BCUT2D eigenvalue weighted by molar-refractivity contribution is 5.79. The number of rotatable bonds is 6. The molecule has 1 atom stereocenters. The van der Waals surface area contributed by atoms with Crippen LogP contribution in [0.2, 0.25) is 0 Å². The Morgan fingerprint density at radius 3 is 2.48 bits per heavy atom. The fourth-order valence-corrected chi connectivity index (χ4v) is 2.88. The van der Waals surface area contributed by atoms with Gasteiger partial charge >= 0.3 is 11.9 Å². The molecule has 0 fully saturated rings. The summed E-state index contributed by atoms with van der Waals surface area (Å²) in [5, 5.41) is 19.7. The van der Waals surface area contributed by atoms with E-state index in [-0.39, 0.29) is 12.8 Å². The molecule has 0 amide bonds. The van der Waals surface area contributed by atoms with Crippen LogP contribution in [0.4, 0.5) is 0 Å². The lowest BCUT2D eigenvalue weighted by Crippen LogP contribution is -2.85. The van der Waals surface area contributed by atoms with Gasteiger partial charge in [-0.25, -0.2) is 9.79 Å². The molecule has 1 unspecified atom stereocenters. The summed E-state index contributed by atoms with van der Waals surface area (Å²) >= 11 is 0. The molecule has 6 heteroatoms. The monoisotopic (exact) mass is 366 g/mol. The summed E-state index contributed by atoms with van der Waals surface area (Å²) in [5.41, 5.74) is 2.48. The molecule has 0 radical (unpaired) electrons. The molecule has 3 N–H and O–H groups in total. The van der Waals surface area contributed by atoms with E-state index in [1.54, 1.807) is 6.07 Å². The molecule has 0 saturated heterocycles. The summed E-state index contributed by atoms with van der Waals surface area (Å²) in [4.78, 5) is 25.4. The van der Waals surface area contributed by atoms with Crippen molar-refractivity contribution < 1.29 is 29.2 Å². The summed E-state index contributed by atoms with van der Waals surface area (Å²) in [6.07, 6.45) is -0.256. The summed E-state index contributed by atoms with van der Waals surface area (Å²) in [7, 11) is 0. The van der Waals surface area contributed by atoms with Crippen LogP contribution in [0.5, 0.6) is 0 Å². The van der Waals surface area contributed by atoms with E-state index in [9.17, 15) is 14.7 Å². The normalized spacial score (nSPS) is 12.9. The summed E-state index contributed by atoms with van der Waals surface area (Å²) in [5.74, 6) is -1.53. The third-order valence-electron chi connectivity index (χ3n) is 4.25. The fraction of sp³-hybridized carbons (Fsp3) is 0.190. The average molecular weight is 366 g/mol. The summed E-state index contributed by atoms with van der Waals surface area (Å²) in [6.45, 7) is 1.94. The van der Waals surface area contributed by atoms with E-state index < -0.39 is 18.0 Å². The number of nitrogens with one attached hydrogen (secondary N) is 1. The molecule has 3 aromatic rings. The van der Waals surface area contributed by atoms with Gasteiger partial charge < -0.3 is 14.6 Å². The van der Waals surface area contributed by atoms with Gasteiger partial charge in [0.05, 0.1) is 17.9 Å². The Kier molecular flexibility index (Phi) is 5.35. The standard InChI is InChI=1S/C21H19NO5/c1-13-7-9-18-15(11-13)17(22-16(21(25)26)8-10-20(23)24)12-19(27-18)14-5-3-2-4-6-14/h2-7,9,11-12,16H,8,10H2,1H3,(H,23,24)(H,25,26)/p+1. The first-order chi connectivity index (χ1) is 12.9. The summed E-state index contributed by atoms with van der Waals surface area (Å²) < 4.78 is 6.00. The van der Waals surface area contributed by atoms with Crippen LogP contribution in [0.3, 0.4) is 0 Å². The van der Waals surface area contributed by atoms with E-state index in [0.29, 0.717) is 16.7 Å². The lowest BCUT2D eigenvalue weighted by molar-refractivity contribution is -0.530. The minimum absolute atomic E-state index is 0.0231. The molecule has 1 aromatic heterocycles. The van der Waals surface area contributed by atoms with Crippen LogP contribution in [-0.4, -0.2) is 28.2 Å². The lowest BCUT2D eigenvalue weighted by atomic mass is 10.1. The predicted octanol–water partition coefficient (Wildman–Crippen LogP) is 1.71. The van der Waals surface area contributed by atoms with E-state index in [1.165, 1.54) is 0 Å². The largest absolute Gasteiger partial charge is 0.481 e. The van der Waals surface area contributed by atoms with Gasteiger partial charge in [0.2, 0.25) is 11.4 Å². The Morgan fingerprint density at radius 1 is 1.07 bits per heavy atom. The predicted molar refractivity (Wildman–Crippen MR) is 98.8 cm³/mol. The molecule has 0 spiro atoms. The molecule has 0 bridgehead atoms. The first-order valence-corrected chi connectivity index (χ1v) is 8.58. The van der Waals surface area contributed by atoms with E-state index in [1.807, 2.05) is 55.5 Å². The first-order valence-electron chi connectivity index (χ1n) is 8.58. The van der Waals surface area contributed by atoms with Crippen LogP contribution in [0, 0.1) is 6.92 Å². The molecule has 6 nitrogen and oxygen atoms in total. The van der Waals surface area contributed by atoms with E-state index in [0.717, 1.165) is 16.5 Å². The van der Waals surface area contributed by atoms with Crippen LogP contribution in [0.25, 0.3) is 22.3 Å². The number of carboxylic acid groups (broad SMARTS) is 2.